The maximum atomic E-state index is 12.4. The van der Waals surface area contributed by atoms with Crippen LogP contribution in [0, 0.1) is 0 Å². The number of rotatable bonds is 3. The van der Waals surface area contributed by atoms with E-state index in [-0.39, 0.29) is 6.67 Å². The van der Waals surface area contributed by atoms with Crippen LogP contribution in [0.5, 0.6) is 0 Å². The third kappa shape index (κ3) is 1.60. The van der Waals surface area contributed by atoms with Gasteiger partial charge in [0.25, 0.3) is 0 Å². The van der Waals surface area contributed by atoms with Gasteiger partial charge in [0, 0.05) is 28.4 Å². The molecule has 1 nitrogen and oxygen atoms in total. The van der Waals surface area contributed by atoms with Crippen LogP contribution in [0.25, 0.3) is 21.8 Å². The third-order valence-electron chi connectivity index (χ3n) is 3.20. The summed E-state index contributed by atoms with van der Waals surface area (Å²) in [5, 5.41) is 2.50. The second kappa shape index (κ2) is 4.21. The molecule has 0 aliphatic carbocycles. The Balaban J connectivity index is 2.33. The van der Waals surface area contributed by atoms with Gasteiger partial charge in [-0.15, -0.1) is 0 Å². The lowest BCUT2D eigenvalue weighted by Crippen LogP contribution is -1.97. The SMILES string of the molecule is FCCCn1c2ccccc2c2ccccc21. The van der Waals surface area contributed by atoms with Gasteiger partial charge in [-0.25, -0.2) is 0 Å². The van der Waals surface area contributed by atoms with Gasteiger partial charge in [-0.2, -0.15) is 0 Å². The van der Waals surface area contributed by atoms with Gasteiger partial charge in [0.1, 0.15) is 0 Å². The molecule has 0 bridgehead atoms. The van der Waals surface area contributed by atoms with E-state index in [1.165, 1.54) is 21.8 Å². The standard InChI is InChI=1S/C15H14FN/c16-10-5-11-17-14-8-3-1-6-12(14)13-7-2-4-9-15(13)17/h1-4,6-9H,5,10-11H2. The number of hydrogen-bond acceptors (Lipinski definition) is 0. The molecule has 1 heterocycles. The van der Waals surface area contributed by atoms with Gasteiger partial charge in [-0.3, -0.25) is 4.39 Å². The summed E-state index contributed by atoms with van der Waals surface area (Å²) in [7, 11) is 0. The predicted octanol–water partition coefficient (Wildman–Crippen LogP) is 4.15. The minimum absolute atomic E-state index is 0.263. The molecule has 0 saturated carbocycles. The molecule has 0 fully saturated rings. The number of hydrogen-bond donors (Lipinski definition) is 0. The predicted molar refractivity (Wildman–Crippen MR) is 70.0 cm³/mol. The molecule has 2 aromatic carbocycles. The molecule has 0 aliphatic heterocycles. The van der Waals surface area contributed by atoms with E-state index in [9.17, 15) is 4.39 Å². The van der Waals surface area contributed by atoms with Crippen LogP contribution in [0.15, 0.2) is 48.5 Å². The van der Waals surface area contributed by atoms with Crippen molar-refractivity contribution in [3.05, 3.63) is 48.5 Å². The van der Waals surface area contributed by atoms with Crippen molar-refractivity contribution < 1.29 is 4.39 Å². The van der Waals surface area contributed by atoms with Gasteiger partial charge in [-0.05, 0) is 18.6 Å². The molecule has 1 aromatic heterocycles. The highest BCUT2D eigenvalue weighted by Gasteiger charge is 2.08. The fourth-order valence-corrected chi connectivity index (χ4v) is 2.46. The number of halogens is 1. The maximum Gasteiger partial charge on any atom is 0.0911 e. The number of aryl methyl sites for hydroxylation is 1. The normalized spacial score (nSPS) is 11.4. The monoisotopic (exact) mass is 227 g/mol. The smallest absolute Gasteiger partial charge is 0.0911 e. The van der Waals surface area contributed by atoms with Gasteiger partial charge < -0.3 is 4.57 Å². The number of alkyl halides is 1. The molecule has 0 spiro atoms. The number of nitrogens with zero attached hydrogens (tertiary/aromatic N) is 1. The molecule has 0 atom stereocenters. The molecule has 0 saturated heterocycles. The van der Waals surface area contributed by atoms with E-state index in [2.05, 4.69) is 28.8 Å². The van der Waals surface area contributed by atoms with Crippen molar-refractivity contribution in [1.29, 1.82) is 0 Å². The van der Waals surface area contributed by atoms with Crippen LogP contribution in [0.2, 0.25) is 0 Å². The van der Waals surface area contributed by atoms with Gasteiger partial charge in [-0.1, -0.05) is 36.4 Å². The molecule has 3 aromatic rings. The fourth-order valence-electron chi connectivity index (χ4n) is 2.46. The molecule has 0 amide bonds. The van der Waals surface area contributed by atoms with Gasteiger partial charge in [0.15, 0.2) is 0 Å². The van der Waals surface area contributed by atoms with E-state index < -0.39 is 0 Å². The van der Waals surface area contributed by atoms with Gasteiger partial charge in [0.05, 0.1) is 6.67 Å². The summed E-state index contributed by atoms with van der Waals surface area (Å²) in [6.45, 7) is 0.478. The second-order valence-corrected chi connectivity index (χ2v) is 4.23. The second-order valence-electron chi connectivity index (χ2n) is 4.23. The molecule has 0 unspecified atom stereocenters. The summed E-state index contributed by atoms with van der Waals surface area (Å²) in [6, 6.07) is 16.6. The van der Waals surface area contributed by atoms with E-state index in [1.807, 2.05) is 24.3 Å². The fraction of sp³-hybridized carbons (Fsp3) is 0.200. The van der Waals surface area contributed by atoms with Crippen molar-refractivity contribution in [2.45, 2.75) is 13.0 Å². The van der Waals surface area contributed by atoms with Crippen molar-refractivity contribution in [3.63, 3.8) is 0 Å². The molecule has 0 radical (unpaired) electrons. The summed E-state index contributed by atoms with van der Waals surface area (Å²) >= 11 is 0. The molecular formula is C15H14FN. The highest BCUT2D eigenvalue weighted by atomic mass is 19.1. The van der Waals surface area contributed by atoms with Gasteiger partial charge >= 0.3 is 0 Å². The Labute approximate surface area is 99.5 Å². The van der Waals surface area contributed by atoms with Crippen molar-refractivity contribution in [2.24, 2.45) is 0 Å². The van der Waals surface area contributed by atoms with E-state index in [4.69, 9.17) is 0 Å². The molecule has 2 heteroatoms. The lowest BCUT2D eigenvalue weighted by Gasteiger charge is -2.05. The van der Waals surface area contributed by atoms with Crippen LogP contribution in [0.3, 0.4) is 0 Å². The van der Waals surface area contributed by atoms with E-state index in [1.54, 1.807) is 0 Å². The van der Waals surface area contributed by atoms with Gasteiger partial charge in [0.2, 0.25) is 0 Å². The zero-order valence-electron chi connectivity index (χ0n) is 9.57. The van der Waals surface area contributed by atoms with E-state index in [0.717, 1.165) is 6.54 Å². The summed E-state index contributed by atoms with van der Waals surface area (Å²) in [5.41, 5.74) is 2.39. The summed E-state index contributed by atoms with van der Waals surface area (Å²) in [5.74, 6) is 0. The number of fused-ring (bicyclic) bond motifs is 3. The molecule has 0 N–H and O–H groups in total. The Morgan fingerprint density at radius 1 is 0.824 bits per heavy atom. The first kappa shape index (κ1) is 10.3. The Morgan fingerprint density at radius 2 is 1.35 bits per heavy atom. The largest absolute Gasteiger partial charge is 0.340 e. The maximum absolute atomic E-state index is 12.4. The lowest BCUT2D eigenvalue weighted by atomic mass is 10.2. The van der Waals surface area contributed by atoms with Crippen molar-refractivity contribution in [2.75, 3.05) is 6.67 Å². The van der Waals surface area contributed by atoms with E-state index >= 15 is 0 Å². The highest BCUT2D eigenvalue weighted by Crippen LogP contribution is 2.28. The van der Waals surface area contributed by atoms with Crippen LogP contribution >= 0.6 is 0 Å². The summed E-state index contributed by atoms with van der Waals surface area (Å²) < 4.78 is 14.6. The third-order valence-corrected chi connectivity index (χ3v) is 3.20. The van der Waals surface area contributed by atoms with E-state index in [0.29, 0.717) is 6.42 Å². The van der Waals surface area contributed by atoms with Crippen molar-refractivity contribution >= 4 is 21.8 Å². The Bertz CT molecular complexity index is 601. The van der Waals surface area contributed by atoms with Crippen LogP contribution < -0.4 is 0 Å². The number of benzene rings is 2. The Kier molecular flexibility index (Phi) is 2.56. The molecule has 3 rings (SSSR count). The Morgan fingerprint density at radius 3 is 1.88 bits per heavy atom. The zero-order valence-corrected chi connectivity index (χ0v) is 9.57. The van der Waals surface area contributed by atoms with Crippen LogP contribution in [-0.2, 0) is 6.54 Å². The van der Waals surface area contributed by atoms with Crippen LogP contribution in [0.4, 0.5) is 4.39 Å². The first-order valence-electron chi connectivity index (χ1n) is 5.94. The molecule has 86 valence electrons. The lowest BCUT2D eigenvalue weighted by molar-refractivity contribution is 0.452. The minimum atomic E-state index is -0.263. The molecule has 17 heavy (non-hydrogen) atoms. The zero-order chi connectivity index (χ0) is 11.7. The number of para-hydroxylation sites is 2. The topological polar surface area (TPSA) is 4.93 Å². The van der Waals surface area contributed by atoms with Crippen LogP contribution in [-0.4, -0.2) is 11.2 Å². The highest BCUT2D eigenvalue weighted by molar-refractivity contribution is 6.07. The minimum Gasteiger partial charge on any atom is -0.340 e. The molecular weight excluding hydrogens is 213 g/mol. The quantitative estimate of drug-likeness (QED) is 0.633. The van der Waals surface area contributed by atoms with Crippen molar-refractivity contribution in [1.82, 2.24) is 4.57 Å². The first-order valence-corrected chi connectivity index (χ1v) is 5.94. The average molecular weight is 227 g/mol. The Hall–Kier alpha value is -1.83. The average Bonchev–Trinajstić information content (AvgIpc) is 2.71. The summed E-state index contributed by atoms with van der Waals surface area (Å²) in [4.78, 5) is 0. The summed E-state index contributed by atoms with van der Waals surface area (Å²) in [6.07, 6.45) is 0.572. The van der Waals surface area contributed by atoms with Crippen LogP contribution in [0.1, 0.15) is 6.42 Å². The number of aromatic nitrogens is 1. The molecule has 0 aliphatic rings. The first-order chi connectivity index (χ1) is 8.42. The van der Waals surface area contributed by atoms with Crippen molar-refractivity contribution in [3.8, 4) is 0 Å².